The molecule has 0 saturated heterocycles. The molecule has 3 aromatic carbocycles. The van der Waals surface area contributed by atoms with E-state index in [9.17, 15) is 19.2 Å². The molecule has 4 aromatic rings. The largest absolute Gasteiger partial charge is 0.462 e. The van der Waals surface area contributed by atoms with E-state index in [1.54, 1.807) is 62.4 Å². The first-order valence-corrected chi connectivity index (χ1v) is 14.6. The molecule has 0 aliphatic heterocycles. The van der Waals surface area contributed by atoms with Gasteiger partial charge in [0.2, 0.25) is 5.91 Å². The van der Waals surface area contributed by atoms with Crippen molar-refractivity contribution < 1.29 is 23.9 Å². The lowest BCUT2D eigenvalue weighted by atomic mass is 10.1. The quantitative estimate of drug-likeness (QED) is 0.139. The average molecular weight is 588 g/mol. The third-order valence-corrected chi connectivity index (χ3v) is 8.17. The number of hydrogen-bond acceptors (Lipinski definition) is 7. The minimum Gasteiger partial charge on any atom is -0.462 e. The molecule has 0 aliphatic rings. The van der Waals surface area contributed by atoms with Gasteiger partial charge in [-0.3, -0.25) is 14.4 Å². The topological polar surface area (TPSA) is 114 Å². The standard InChI is InChI=1S/C31H29N3O5S2/c1-4-39-31(38)26-20(3)27(29(37)32-21-12-6-5-7-13-21)41-30(26)34-25(35)18-40-23-15-10-14-22(17-23)33-28(36)24-16-9-8-11-19(24)2/h5-17H,4,18H2,1-3H3,(H,32,37)(H,33,36)(H,34,35). The monoisotopic (exact) mass is 587 g/mol. The van der Waals surface area contributed by atoms with Gasteiger partial charge in [-0.2, -0.15) is 0 Å². The van der Waals surface area contributed by atoms with Crippen molar-refractivity contribution in [1.82, 2.24) is 0 Å². The first kappa shape index (κ1) is 29.6. The molecule has 3 N–H and O–H groups in total. The summed E-state index contributed by atoms with van der Waals surface area (Å²) in [5.74, 6) is -1.52. The van der Waals surface area contributed by atoms with Gasteiger partial charge in [0.15, 0.2) is 0 Å². The van der Waals surface area contributed by atoms with Gasteiger partial charge in [0.05, 0.1) is 22.8 Å². The van der Waals surface area contributed by atoms with Crippen molar-refractivity contribution in [3.63, 3.8) is 0 Å². The van der Waals surface area contributed by atoms with Gasteiger partial charge in [-0.25, -0.2) is 4.79 Å². The Morgan fingerprint density at radius 3 is 2.22 bits per heavy atom. The number of thioether (sulfide) groups is 1. The SMILES string of the molecule is CCOC(=O)c1c(NC(=O)CSc2cccc(NC(=O)c3ccccc3C)c2)sc(C(=O)Nc2ccccc2)c1C. The Morgan fingerprint density at radius 2 is 1.49 bits per heavy atom. The van der Waals surface area contributed by atoms with Crippen LogP contribution in [0.4, 0.5) is 16.4 Å². The summed E-state index contributed by atoms with van der Waals surface area (Å²) in [7, 11) is 0. The van der Waals surface area contributed by atoms with E-state index in [1.165, 1.54) is 11.8 Å². The summed E-state index contributed by atoms with van der Waals surface area (Å²) < 4.78 is 5.20. The second kappa shape index (κ2) is 13.8. The van der Waals surface area contributed by atoms with Crippen LogP contribution in [0.15, 0.2) is 83.8 Å². The van der Waals surface area contributed by atoms with Crippen LogP contribution in [0.2, 0.25) is 0 Å². The van der Waals surface area contributed by atoms with E-state index in [0.717, 1.165) is 21.8 Å². The lowest BCUT2D eigenvalue weighted by Gasteiger charge is -2.09. The third kappa shape index (κ3) is 7.62. The van der Waals surface area contributed by atoms with E-state index in [2.05, 4.69) is 16.0 Å². The van der Waals surface area contributed by atoms with Crippen LogP contribution in [0, 0.1) is 13.8 Å². The lowest BCUT2D eigenvalue weighted by molar-refractivity contribution is -0.113. The highest BCUT2D eigenvalue weighted by Gasteiger charge is 2.27. The number of carbonyl (C=O) groups excluding carboxylic acids is 4. The van der Waals surface area contributed by atoms with Gasteiger partial charge in [0, 0.05) is 21.8 Å². The maximum Gasteiger partial charge on any atom is 0.341 e. The summed E-state index contributed by atoms with van der Waals surface area (Å²) in [6.45, 7) is 5.37. The van der Waals surface area contributed by atoms with Crippen LogP contribution in [-0.2, 0) is 9.53 Å². The van der Waals surface area contributed by atoms with Crippen molar-refractivity contribution in [2.24, 2.45) is 0 Å². The second-order valence-electron chi connectivity index (χ2n) is 8.93. The van der Waals surface area contributed by atoms with Crippen LogP contribution in [0.5, 0.6) is 0 Å². The molecule has 210 valence electrons. The molecule has 0 unspecified atom stereocenters. The minimum atomic E-state index is -0.611. The number of amides is 3. The molecule has 41 heavy (non-hydrogen) atoms. The Labute approximate surface area is 246 Å². The second-order valence-corrected chi connectivity index (χ2v) is 11.0. The highest BCUT2D eigenvalue weighted by Crippen LogP contribution is 2.35. The van der Waals surface area contributed by atoms with Crippen LogP contribution in [0.1, 0.15) is 48.4 Å². The Balaban J connectivity index is 1.44. The lowest BCUT2D eigenvalue weighted by Crippen LogP contribution is -2.16. The minimum absolute atomic E-state index is 0.0416. The molecule has 0 aliphatic carbocycles. The number of aryl methyl sites for hydroxylation is 1. The zero-order valence-corrected chi connectivity index (χ0v) is 24.4. The highest BCUT2D eigenvalue weighted by molar-refractivity contribution is 8.00. The number of thiophene rings is 1. The maximum atomic E-state index is 13.0. The Kier molecular flexibility index (Phi) is 9.94. The number of hydrogen-bond donors (Lipinski definition) is 3. The van der Waals surface area contributed by atoms with Gasteiger partial charge >= 0.3 is 5.97 Å². The van der Waals surface area contributed by atoms with Crippen LogP contribution < -0.4 is 16.0 Å². The van der Waals surface area contributed by atoms with E-state index in [1.807, 2.05) is 37.3 Å². The van der Waals surface area contributed by atoms with E-state index >= 15 is 0 Å². The van der Waals surface area contributed by atoms with Crippen molar-refractivity contribution in [1.29, 1.82) is 0 Å². The Bertz CT molecular complexity index is 1580. The number of benzene rings is 3. The highest BCUT2D eigenvalue weighted by atomic mass is 32.2. The molecule has 1 heterocycles. The summed E-state index contributed by atoms with van der Waals surface area (Å²) in [4.78, 5) is 52.4. The van der Waals surface area contributed by atoms with Crippen molar-refractivity contribution in [2.75, 3.05) is 28.3 Å². The van der Waals surface area contributed by atoms with E-state index in [4.69, 9.17) is 4.74 Å². The van der Waals surface area contributed by atoms with E-state index < -0.39 is 5.97 Å². The summed E-state index contributed by atoms with van der Waals surface area (Å²) >= 11 is 2.30. The van der Waals surface area contributed by atoms with Gasteiger partial charge in [-0.15, -0.1) is 23.1 Å². The molecule has 0 atom stereocenters. The van der Waals surface area contributed by atoms with Crippen LogP contribution in [0.3, 0.4) is 0 Å². The molecule has 10 heteroatoms. The molecule has 8 nitrogen and oxygen atoms in total. The first-order chi connectivity index (χ1) is 19.8. The Hall–Kier alpha value is -4.41. The van der Waals surface area contributed by atoms with Crippen LogP contribution in [-0.4, -0.2) is 36.1 Å². The van der Waals surface area contributed by atoms with Crippen molar-refractivity contribution in [3.05, 3.63) is 106 Å². The normalized spacial score (nSPS) is 10.5. The van der Waals surface area contributed by atoms with Gasteiger partial charge in [0.25, 0.3) is 11.8 Å². The molecule has 0 spiro atoms. The summed E-state index contributed by atoms with van der Waals surface area (Å²) in [5.41, 5.74) is 3.28. The van der Waals surface area contributed by atoms with E-state index in [-0.39, 0.29) is 40.6 Å². The average Bonchev–Trinajstić information content (AvgIpc) is 3.28. The third-order valence-electron chi connectivity index (χ3n) is 5.97. The fourth-order valence-corrected chi connectivity index (χ4v) is 5.84. The molecule has 0 saturated carbocycles. The molecular weight excluding hydrogens is 558 g/mol. The van der Waals surface area contributed by atoms with Gasteiger partial charge in [-0.05, 0) is 68.3 Å². The van der Waals surface area contributed by atoms with Crippen molar-refractivity contribution >= 4 is 63.2 Å². The molecule has 0 fully saturated rings. The number of carbonyl (C=O) groups is 4. The van der Waals surface area contributed by atoms with Gasteiger partial charge in [0.1, 0.15) is 5.00 Å². The smallest absolute Gasteiger partial charge is 0.341 e. The number of rotatable bonds is 10. The molecular formula is C31H29N3O5S2. The van der Waals surface area contributed by atoms with Gasteiger partial charge in [-0.1, -0.05) is 42.5 Å². The van der Waals surface area contributed by atoms with Crippen LogP contribution >= 0.6 is 23.1 Å². The summed E-state index contributed by atoms with van der Waals surface area (Å²) in [6.07, 6.45) is 0. The Morgan fingerprint density at radius 1 is 0.805 bits per heavy atom. The summed E-state index contributed by atoms with van der Waals surface area (Å²) in [6, 6.07) is 23.5. The summed E-state index contributed by atoms with van der Waals surface area (Å²) in [5, 5.41) is 8.75. The molecule has 4 rings (SSSR count). The predicted molar refractivity (Wildman–Crippen MR) is 164 cm³/mol. The van der Waals surface area contributed by atoms with Crippen molar-refractivity contribution in [2.45, 2.75) is 25.7 Å². The first-order valence-electron chi connectivity index (χ1n) is 12.8. The van der Waals surface area contributed by atoms with Crippen LogP contribution in [0.25, 0.3) is 0 Å². The molecule has 0 radical (unpaired) electrons. The van der Waals surface area contributed by atoms with Crippen molar-refractivity contribution in [3.8, 4) is 0 Å². The number of para-hydroxylation sites is 1. The number of nitrogens with one attached hydrogen (secondary N) is 3. The van der Waals surface area contributed by atoms with E-state index in [0.29, 0.717) is 27.4 Å². The molecule has 3 amide bonds. The van der Waals surface area contributed by atoms with Gasteiger partial charge < -0.3 is 20.7 Å². The number of anilines is 3. The predicted octanol–water partition coefficient (Wildman–Crippen LogP) is 6.78. The molecule has 1 aromatic heterocycles. The fourth-order valence-electron chi connectivity index (χ4n) is 3.98. The number of esters is 1. The zero-order valence-electron chi connectivity index (χ0n) is 22.8. The number of ether oxygens (including phenoxy) is 1. The zero-order chi connectivity index (χ0) is 29.4. The molecule has 0 bridgehead atoms. The maximum absolute atomic E-state index is 13.0. The fraction of sp³-hybridized carbons (Fsp3) is 0.161.